The Kier molecular flexibility index (Phi) is 7.85. The van der Waals surface area contributed by atoms with Crippen molar-refractivity contribution in [2.24, 2.45) is 5.92 Å². The number of nitrogens with zero attached hydrogens (tertiary/aromatic N) is 2. The first-order valence-electron chi connectivity index (χ1n) is 11.8. The quantitative estimate of drug-likeness (QED) is 0.600. The average Bonchev–Trinajstić information content (AvgIpc) is 3.06. The molecule has 2 heterocycles. The highest BCUT2D eigenvalue weighted by Gasteiger charge is 2.36. The molecule has 4 rings (SSSR count). The van der Waals surface area contributed by atoms with Crippen LogP contribution in [0.15, 0.2) is 23.7 Å². The number of nitrogens with one attached hydrogen (secondary N) is 1. The second kappa shape index (κ2) is 11.0. The van der Waals surface area contributed by atoms with Crippen molar-refractivity contribution >= 4 is 23.2 Å². The van der Waals surface area contributed by atoms with Gasteiger partial charge in [0.1, 0.15) is 6.04 Å². The fraction of sp³-hybridized carbons (Fsp3) is 0.560. The first-order chi connectivity index (χ1) is 16.1. The second-order valence-corrected chi connectivity index (χ2v) is 9.78. The maximum atomic E-state index is 13.3. The number of thiazole rings is 1. The average molecular weight is 472 g/mol. The Bertz CT molecular complexity index is 972. The Morgan fingerprint density at radius 1 is 1.21 bits per heavy atom. The van der Waals surface area contributed by atoms with Gasteiger partial charge in [0.25, 0.3) is 0 Å². The van der Waals surface area contributed by atoms with Gasteiger partial charge < -0.3 is 19.7 Å². The number of carbonyl (C=O) groups is 2. The number of aryl methyl sites for hydroxylation is 1. The van der Waals surface area contributed by atoms with E-state index in [2.05, 4.69) is 10.3 Å². The zero-order valence-electron chi connectivity index (χ0n) is 19.5. The van der Waals surface area contributed by atoms with Crippen molar-refractivity contribution < 1.29 is 19.1 Å². The van der Waals surface area contributed by atoms with E-state index < -0.39 is 6.04 Å². The minimum absolute atomic E-state index is 0.0366. The SMILES string of the molecule is COc1cc(CN(C(=O)C2CCC2)[C@H]2CCCCNC2=O)ccc1OCCc1scnc1C. The van der Waals surface area contributed by atoms with Crippen LogP contribution in [0.1, 0.15) is 54.7 Å². The molecular weight excluding hydrogens is 438 g/mol. The van der Waals surface area contributed by atoms with E-state index >= 15 is 0 Å². The van der Waals surface area contributed by atoms with Crippen molar-refractivity contribution in [2.75, 3.05) is 20.3 Å². The fourth-order valence-corrected chi connectivity index (χ4v) is 5.16. The highest BCUT2D eigenvalue weighted by molar-refractivity contribution is 7.09. The Labute approximate surface area is 199 Å². The van der Waals surface area contributed by atoms with Gasteiger partial charge >= 0.3 is 0 Å². The predicted octanol–water partition coefficient (Wildman–Crippen LogP) is 3.88. The molecule has 0 bridgehead atoms. The number of hydrogen-bond donors (Lipinski definition) is 1. The molecule has 2 fully saturated rings. The van der Waals surface area contributed by atoms with Crippen LogP contribution in [0.5, 0.6) is 11.5 Å². The Morgan fingerprint density at radius 3 is 2.76 bits per heavy atom. The van der Waals surface area contributed by atoms with E-state index in [0.29, 0.717) is 37.6 Å². The number of ether oxygens (including phenoxy) is 2. The molecule has 33 heavy (non-hydrogen) atoms. The number of hydrogen-bond acceptors (Lipinski definition) is 6. The Hall–Kier alpha value is -2.61. The van der Waals surface area contributed by atoms with Gasteiger partial charge in [-0.15, -0.1) is 11.3 Å². The van der Waals surface area contributed by atoms with E-state index in [1.165, 1.54) is 4.88 Å². The molecule has 8 heteroatoms. The summed E-state index contributed by atoms with van der Waals surface area (Å²) in [5.74, 6) is 1.41. The maximum absolute atomic E-state index is 13.3. The molecule has 0 unspecified atom stereocenters. The molecule has 1 aromatic heterocycles. The molecule has 1 aromatic carbocycles. The Balaban J connectivity index is 1.47. The van der Waals surface area contributed by atoms with E-state index in [1.807, 2.05) is 30.6 Å². The van der Waals surface area contributed by atoms with Crippen LogP contribution in [0.2, 0.25) is 0 Å². The topological polar surface area (TPSA) is 80.8 Å². The van der Waals surface area contributed by atoms with Crippen molar-refractivity contribution in [1.29, 1.82) is 0 Å². The van der Waals surface area contributed by atoms with Gasteiger partial charge in [-0.25, -0.2) is 4.98 Å². The highest BCUT2D eigenvalue weighted by atomic mass is 32.1. The third kappa shape index (κ3) is 5.66. The monoisotopic (exact) mass is 471 g/mol. The lowest BCUT2D eigenvalue weighted by molar-refractivity contribution is -0.146. The van der Waals surface area contributed by atoms with Crippen LogP contribution in [0.4, 0.5) is 0 Å². The van der Waals surface area contributed by atoms with Gasteiger partial charge in [0.2, 0.25) is 11.8 Å². The van der Waals surface area contributed by atoms with Gasteiger partial charge in [0, 0.05) is 30.3 Å². The first kappa shape index (κ1) is 23.5. The molecule has 0 radical (unpaired) electrons. The minimum Gasteiger partial charge on any atom is -0.493 e. The molecular formula is C25H33N3O4S. The highest BCUT2D eigenvalue weighted by Crippen LogP contribution is 2.33. The molecule has 1 aliphatic carbocycles. The molecule has 178 valence electrons. The normalized spacial score (nSPS) is 18.7. The summed E-state index contributed by atoms with van der Waals surface area (Å²) in [5.41, 5.74) is 3.83. The van der Waals surface area contributed by atoms with Crippen molar-refractivity contribution in [3.05, 3.63) is 39.8 Å². The van der Waals surface area contributed by atoms with Crippen molar-refractivity contribution in [3.63, 3.8) is 0 Å². The standard InChI is InChI=1S/C25H33N3O4S/c1-17-23(33-16-27-17)11-13-32-21-10-9-18(14-22(21)31-2)15-28(25(30)19-6-5-7-19)20-8-3-4-12-26-24(20)29/h9-10,14,16,19-20H,3-8,11-13,15H2,1-2H3,(H,26,29)/t20-/m0/s1. The van der Waals surface area contributed by atoms with Crippen LogP contribution >= 0.6 is 11.3 Å². The van der Waals surface area contributed by atoms with Crippen LogP contribution in [-0.4, -0.2) is 48.0 Å². The number of amides is 2. The molecule has 2 aromatic rings. The van der Waals surface area contributed by atoms with Gasteiger partial charge in [0.05, 0.1) is 24.9 Å². The summed E-state index contributed by atoms with van der Waals surface area (Å²) in [7, 11) is 1.62. The van der Waals surface area contributed by atoms with Crippen molar-refractivity contribution in [1.82, 2.24) is 15.2 Å². The van der Waals surface area contributed by atoms with E-state index in [1.54, 1.807) is 23.3 Å². The van der Waals surface area contributed by atoms with E-state index in [4.69, 9.17) is 9.47 Å². The van der Waals surface area contributed by atoms with E-state index in [9.17, 15) is 9.59 Å². The molecule has 1 saturated heterocycles. The molecule has 0 spiro atoms. The van der Waals surface area contributed by atoms with Crippen LogP contribution < -0.4 is 14.8 Å². The zero-order chi connectivity index (χ0) is 23.2. The largest absolute Gasteiger partial charge is 0.493 e. The number of methoxy groups -OCH3 is 1. The lowest BCUT2D eigenvalue weighted by Gasteiger charge is -2.36. The summed E-state index contributed by atoms with van der Waals surface area (Å²) in [6, 6.07) is 5.37. The molecule has 1 saturated carbocycles. The molecule has 1 aliphatic heterocycles. The third-order valence-electron chi connectivity index (χ3n) is 6.63. The molecule has 1 atom stereocenters. The number of aromatic nitrogens is 1. The summed E-state index contributed by atoms with van der Waals surface area (Å²) in [6.07, 6.45) is 6.31. The Morgan fingerprint density at radius 2 is 2.06 bits per heavy atom. The maximum Gasteiger partial charge on any atom is 0.242 e. The van der Waals surface area contributed by atoms with Crippen LogP contribution in [0.25, 0.3) is 0 Å². The summed E-state index contributed by atoms with van der Waals surface area (Å²) >= 11 is 1.64. The molecule has 2 amide bonds. The third-order valence-corrected chi connectivity index (χ3v) is 7.63. The molecule has 2 aliphatic rings. The van der Waals surface area contributed by atoms with Crippen molar-refractivity contribution in [3.8, 4) is 11.5 Å². The van der Waals surface area contributed by atoms with E-state index in [0.717, 1.165) is 49.8 Å². The zero-order valence-corrected chi connectivity index (χ0v) is 20.3. The summed E-state index contributed by atoms with van der Waals surface area (Å²) < 4.78 is 11.6. The smallest absolute Gasteiger partial charge is 0.242 e. The number of benzene rings is 1. The van der Waals surface area contributed by atoms with Gasteiger partial charge in [-0.2, -0.15) is 0 Å². The van der Waals surface area contributed by atoms with Crippen LogP contribution in [0.3, 0.4) is 0 Å². The number of rotatable bonds is 9. The number of carbonyl (C=O) groups excluding carboxylic acids is 2. The summed E-state index contributed by atoms with van der Waals surface area (Å²) in [5, 5.41) is 2.98. The fourth-order valence-electron chi connectivity index (χ4n) is 4.40. The lowest BCUT2D eigenvalue weighted by atomic mass is 9.83. The van der Waals surface area contributed by atoms with Gasteiger partial charge in [-0.3, -0.25) is 9.59 Å². The van der Waals surface area contributed by atoms with Crippen molar-refractivity contribution in [2.45, 2.75) is 64.5 Å². The molecule has 7 nitrogen and oxygen atoms in total. The first-order valence-corrected chi connectivity index (χ1v) is 12.7. The lowest BCUT2D eigenvalue weighted by Crippen LogP contribution is -2.51. The molecule has 1 N–H and O–H groups in total. The minimum atomic E-state index is -0.412. The van der Waals surface area contributed by atoms with Gasteiger partial charge in [0.15, 0.2) is 11.5 Å². The summed E-state index contributed by atoms with van der Waals surface area (Å²) in [6.45, 7) is 3.62. The van der Waals surface area contributed by atoms with Crippen LogP contribution in [0, 0.1) is 12.8 Å². The van der Waals surface area contributed by atoms with E-state index in [-0.39, 0.29) is 17.7 Å². The van der Waals surface area contributed by atoms with Gasteiger partial charge in [-0.05, 0) is 56.7 Å². The van der Waals surface area contributed by atoms with Gasteiger partial charge in [-0.1, -0.05) is 12.5 Å². The van der Waals surface area contributed by atoms with Crippen LogP contribution in [-0.2, 0) is 22.6 Å². The predicted molar refractivity (Wildman–Crippen MR) is 128 cm³/mol. The summed E-state index contributed by atoms with van der Waals surface area (Å²) in [4.78, 5) is 33.3. The second-order valence-electron chi connectivity index (χ2n) is 8.84.